The summed E-state index contributed by atoms with van der Waals surface area (Å²) in [7, 11) is 2.25. The van der Waals surface area contributed by atoms with Crippen molar-refractivity contribution < 1.29 is 46.5 Å². The van der Waals surface area contributed by atoms with Crippen molar-refractivity contribution >= 4 is 7.21 Å². The van der Waals surface area contributed by atoms with Crippen molar-refractivity contribution in [3.63, 3.8) is 0 Å². The van der Waals surface area contributed by atoms with Gasteiger partial charge < -0.3 is 30.0 Å². The Morgan fingerprint density at radius 3 is 1.43 bits per heavy atom. The first-order valence-corrected chi connectivity index (χ1v) is 8.22. The molecule has 2 nitrogen and oxygen atoms in total. The van der Waals surface area contributed by atoms with Crippen LogP contribution in [0.15, 0.2) is 18.2 Å². The molecule has 1 aliphatic rings. The Morgan fingerprint density at radius 2 is 1.38 bits per heavy atom. The van der Waals surface area contributed by atoms with Crippen LogP contribution in [0.2, 0.25) is 0 Å². The maximum absolute atomic E-state index is 8.72. The number of rotatable bonds is 1. The average molecular weight is 388 g/mol. The van der Waals surface area contributed by atoms with Crippen molar-refractivity contribution in [3.05, 3.63) is 24.3 Å². The normalized spacial score (nSPS) is 13.6. The van der Waals surface area contributed by atoms with Crippen LogP contribution < -0.4 is 24.8 Å². The van der Waals surface area contributed by atoms with E-state index in [-0.39, 0.29) is 56.8 Å². The first-order valence-electron chi connectivity index (χ1n) is 6.48. The van der Waals surface area contributed by atoms with Gasteiger partial charge in [-0.25, -0.2) is 12.2 Å². The zero-order valence-electron chi connectivity index (χ0n) is 14.6. The molecule has 1 aliphatic carbocycles. The molecule has 0 heterocycles. The van der Waals surface area contributed by atoms with Crippen LogP contribution in [0.4, 0.5) is 0 Å². The molecule has 0 bridgehead atoms. The van der Waals surface area contributed by atoms with E-state index < -0.39 is 7.21 Å². The largest absolute Gasteiger partial charge is 3.00 e. The molecule has 0 aromatic rings. The van der Waals surface area contributed by atoms with Gasteiger partial charge in [0.05, 0.1) is 0 Å². The summed E-state index contributed by atoms with van der Waals surface area (Å²) in [4.78, 5) is 0. The van der Waals surface area contributed by atoms with Gasteiger partial charge >= 0.3 is 21.7 Å². The van der Waals surface area contributed by atoms with Crippen LogP contribution in [0.25, 0.3) is 0 Å². The van der Waals surface area contributed by atoms with Gasteiger partial charge in [-0.1, -0.05) is 41.5 Å². The summed E-state index contributed by atoms with van der Waals surface area (Å²) in [6.45, 7) is 13.1. The molecule has 0 aromatic carbocycles. The number of hydrogen-bond donors (Lipinski definition) is 1. The zero-order chi connectivity index (χ0) is 14.6. The van der Waals surface area contributed by atoms with E-state index in [2.05, 4.69) is 58.4 Å². The van der Waals surface area contributed by atoms with Crippen LogP contribution >= 0.6 is 7.21 Å². The van der Waals surface area contributed by atoms with Gasteiger partial charge in [-0.15, -0.1) is 6.42 Å². The third kappa shape index (κ3) is 8.40. The van der Waals surface area contributed by atoms with Crippen molar-refractivity contribution in [1.82, 2.24) is 4.67 Å². The van der Waals surface area contributed by atoms with E-state index in [0.717, 1.165) is 6.42 Å². The van der Waals surface area contributed by atoms with E-state index in [1.807, 2.05) is 26.2 Å². The maximum atomic E-state index is 8.72. The molecule has 6 heteroatoms. The average Bonchev–Trinajstić information content (AvgIpc) is 2.69. The van der Waals surface area contributed by atoms with Crippen LogP contribution in [-0.4, -0.2) is 29.1 Å². The summed E-state index contributed by atoms with van der Waals surface area (Å²) >= 11 is 0. The molecule has 1 radical (unpaired) electrons. The van der Waals surface area contributed by atoms with Crippen molar-refractivity contribution in [1.29, 1.82) is 5.16 Å². The van der Waals surface area contributed by atoms with Gasteiger partial charge in [-0.05, 0) is 14.1 Å². The smallest absolute Gasteiger partial charge is 1.00 e. The van der Waals surface area contributed by atoms with E-state index in [1.165, 1.54) is 0 Å². The molecule has 0 saturated heterocycles. The molecule has 123 valence electrons. The molecule has 0 aromatic heterocycles. The van der Waals surface area contributed by atoms with Crippen LogP contribution in [0.1, 0.15) is 48.0 Å². The van der Waals surface area contributed by atoms with Gasteiger partial charge in [-0.3, -0.25) is 10.7 Å². The van der Waals surface area contributed by atoms with Gasteiger partial charge in [0.25, 0.3) is 0 Å². The Labute approximate surface area is 159 Å². The molecule has 0 atom stereocenters. The first-order chi connectivity index (χ1) is 7.94. The minimum Gasteiger partial charge on any atom is -1.00 e. The Bertz CT molecular complexity index is 339. The number of nitrogens with one attached hydrogen (secondary N) is 1. The molecule has 0 spiro atoms. The molecule has 0 fully saturated rings. The number of nitrogens with zero attached hydrogens (tertiary/aromatic N) is 1. The minimum atomic E-state index is -1.83. The molecule has 1 rings (SSSR count). The van der Waals surface area contributed by atoms with Crippen molar-refractivity contribution in [2.75, 3.05) is 14.1 Å². The maximum Gasteiger partial charge on any atom is 3.00 e. The SMILES string of the molecule is CN(C)P(=N)(C(C)(C)C)C(C)(C)C.[C-]1=CC=CC1.[Cl-].[Cl-].[Ti+3]. The van der Waals surface area contributed by atoms with Crippen molar-refractivity contribution in [2.45, 2.75) is 58.3 Å². The van der Waals surface area contributed by atoms with E-state index in [9.17, 15) is 0 Å². The predicted octanol–water partition coefficient (Wildman–Crippen LogP) is -0.849. The van der Waals surface area contributed by atoms with E-state index in [4.69, 9.17) is 5.16 Å². The van der Waals surface area contributed by atoms with Gasteiger partial charge in [0, 0.05) is 17.5 Å². The van der Waals surface area contributed by atoms with Crippen molar-refractivity contribution in [2.24, 2.45) is 0 Å². The molecule has 0 unspecified atom stereocenters. The third-order valence-corrected chi connectivity index (χ3v) is 8.21. The fourth-order valence-corrected chi connectivity index (χ4v) is 6.96. The summed E-state index contributed by atoms with van der Waals surface area (Å²) in [6.07, 6.45) is 10.0. The van der Waals surface area contributed by atoms with Gasteiger partial charge in [0.1, 0.15) is 0 Å². The van der Waals surface area contributed by atoms with Crippen LogP contribution in [0, 0.1) is 11.2 Å². The summed E-state index contributed by atoms with van der Waals surface area (Å²) in [5.74, 6) is 0. The fraction of sp³-hybridized carbons (Fsp3) is 0.733. The second-order valence-corrected chi connectivity index (χ2v) is 11.6. The standard InChI is InChI=1S/C10H25N2P.C5H5.2ClH.Ti/c1-9(2,3)13(11,12(7)8)10(4,5)6;1-2-4-5-3-1;;;/h11H,1-8H3;1-3H,4H2;2*1H;/q;-1;;;+3/p-2. The van der Waals surface area contributed by atoms with Crippen LogP contribution in [0.5, 0.6) is 0 Å². The van der Waals surface area contributed by atoms with Crippen LogP contribution in [-0.2, 0) is 21.7 Å². The number of hydrogen-bond acceptors (Lipinski definition) is 1. The van der Waals surface area contributed by atoms with Crippen molar-refractivity contribution in [3.8, 4) is 0 Å². The second-order valence-electron chi connectivity index (χ2n) is 6.83. The Morgan fingerprint density at radius 1 is 1.00 bits per heavy atom. The summed E-state index contributed by atoms with van der Waals surface area (Å²) in [6, 6.07) is 0. The van der Waals surface area contributed by atoms with Gasteiger partial charge in [-0.2, -0.15) is 6.08 Å². The Hall–Kier alpha value is 0.964. The molecular weight excluding hydrogens is 358 g/mol. The summed E-state index contributed by atoms with van der Waals surface area (Å²) in [5, 5.41) is 8.84. The number of allylic oxidation sites excluding steroid dienone is 4. The minimum absolute atomic E-state index is 0. The van der Waals surface area contributed by atoms with E-state index in [1.54, 1.807) is 0 Å². The summed E-state index contributed by atoms with van der Waals surface area (Å²) < 4.78 is 2.13. The third-order valence-electron chi connectivity index (χ3n) is 3.13. The molecule has 0 aliphatic heterocycles. The number of halogens is 2. The molecule has 1 N–H and O–H groups in total. The quantitative estimate of drug-likeness (QED) is 0.354. The predicted molar refractivity (Wildman–Crippen MR) is 84.4 cm³/mol. The van der Waals surface area contributed by atoms with Gasteiger partial charge in [0.2, 0.25) is 0 Å². The molecule has 0 amide bonds. The molecule has 0 saturated carbocycles. The molecule has 21 heavy (non-hydrogen) atoms. The Kier molecular flexibility index (Phi) is 16.4. The second kappa shape index (κ2) is 11.5. The van der Waals surface area contributed by atoms with E-state index >= 15 is 0 Å². The molecular formula is C15H30Cl2N2PTi. The first kappa shape index (κ1) is 29.9. The van der Waals surface area contributed by atoms with Crippen LogP contribution in [0.3, 0.4) is 0 Å². The monoisotopic (exact) mass is 387 g/mol. The van der Waals surface area contributed by atoms with Gasteiger partial charge in [0.15, 0.2) is 0 Å². The topological polar surface area (TPSA) is 27.1 Å². The van der Waals surface area contributed by atoms with E-state index in [0.29, 0.717) is 0 Å². The zero-order valence-corrected chi connectivity index (χ0v) is 18.6. The summed E-state index contributed by atoms with van der Waals surface area (Å²) in [5.41, 5.74) is 0. The Balaban J connectivity index is -0.000000154. The fourth-order valence-electron chi connectivity index (χ4n) is 2.55.